The van der Waals surface area contributed by atoms with Crippen LogP contribution in [0.15, 0.2) is 66.7 Å². The van der Waals surface area contributed by atoms with Crippen LogP contribution in [0.3, 0.4) is 0 Å². The molecule has 2 amide bonds. The summed E-state index contributed by atoms with van der Waals surface area (Å²) in [5.74, 6) is 0.293. The summed E-state index contributed by atoms with van der Waals surface area (Å²) in [5, 5.41) is 6.13. The minimum Gasteiger partial charge on any atom is -0.493 e. The topological polar surface area (TPSA) is 76.7 Å². The van der Waals surface area contributed by atoms with E-state index in [-0.39, 0.29) is 17.9 Å². The van der Waals surface area contributed by atoms with Crippen molar-refractivity contribution in [2.24, 2.45) is 0 Å². The van der Waals surface area contributed by atoms with Crippen LogP contribution in [0, 0.1) is 0 Å². The number of hydrogen-bond donors (Lipinski definition) is 2. The van der Waals surface area contributed by atoms with Crippen molar-refractivity contribution in [3.63, 3.8) is 0 Å². The molecule has 0 fully saturated rings. The molecule has 0 aliphatic carbocycles. The van der Waals surface area contributed by atoms with Gasteiger partial charge in [0.2, 0.25) is 0 Å². The van der Waals surface area contributed by atoms with Gasteiger partial charge in [-0.2, -0.15) is 0 Å². The van der Waals surface area contributed by atoms with Crippen molar-refractivity contribution in [2.75, 3.05) is 19.0 Å². The van der Waals surface area contributed by atoms with E-state index in [0.29, 0.717) is 39.9 Å². The van der Waals surface area contributed by atoms with Crippen molar-refractivity contribution in [1.29, 1.82) is 0 Å². The summed E-state index contributed by atoms with van der Waals surface area (Å²) in [6, 6.07) is 19.1. The Morgan fingerprint density at radius 3 is 2.41 bits per heavy atom. The molecule has 0 saturated heterocycles. The minimum absolute atomic E-state index is 0.199. The summed E-state index contributed by atoms with van der Waals surface area (Å²) in [7, 11) is 1.49. The van der Waals surface area contributed by atoms with E-state index in [1.54, 1.807) is 30.3 Å². The fourth-order valence-electron chi connectivity index (χ4n) is 3.18. The van der Waals surface area contributed by atoms with Crippen LogP contribution in [0.1, 0.15) is 46.2 Å². The highest BCUT2D eigenvalue weighted by atomic mass is 35.5. The van der Waals surface area contributed by atoms with E-state index in [0.717, 1.165) is 5.56 Å². The molecule has 1 atom stereocenters. The van der Waals surface area contributed by atoms with Gasteiger partial charge in [-0.15, -0.1) is 0 Å². The second-order valence-corrected chi connectivity index (χ2v) is 7.47. The first-order valence-electron chi connectivity index (χ1n) is 10.2. The van der Waals surface area contributed by atoms with Crippen LogP contribution < -0.4 is 20.1 Å². The highest BCUT2D eigenvalue weighted by molar-refractivity contribution is 6.32. The van der Waals surface area contributed by atoms with Gasteiger partial charge < -0.3 is 20.1 Å². The van der Waals surface area contributed by atoms with Crippen LogP contribution in [0.5, 0.6) is 11.5 Å². The number of halogens is 1. The molecule has 0 aliphatic heterocycles. The zero-order chi connectivity index (χ0) is 23.1. The molecule has 3 rings (SSSR count). The Kier molecular flexibility index (Phi) is 7.73. The molecule has 0 aromatic heterocycles. The summed E-state index contributed by atoms with van der Waals surface area (Å²) in [4.78, 5) is 25.2. The number of hydrogen-bond acceptors (Lipinski definition) is 4. The van der Waals surface area contributed by atoms with Crippen molar-refractivity contribution < 1.29 is 19.1 Å². The third kappa shape index (κ3) is 5.59. The number of carbonyl (C=O) groups is 2. The van der Waals surface area contributed by atoms with Crippen LogP contribution in [-0.4, -0.2) is 25.5 Å². The molecule has 166 valence electrons. The molecular formula is C25H25ClN2O4. The summed E-state index contributed by atoms with van der Waals surface area (Å²) in [6.07, 6.45) is 0. The molecule has 7 heteroatoms. The number of nitrogens with one attached hydrogen (secondary N) is 2. The van der Waals surface area contributed by atoms with E-state index in [1.165, 1.54) is 7.11 Å². The lowest BCUT2D eigenvalue weighted by Gasteiger charge is -2.17. The molecule has 0 heterocycles. The third-order valence-corrected chi connectivity index (χ3v) is 5.09. The molecule has 0 aliphatic rings. The zero-order valence-corrected chi connectivity index (χ0v) is 18.9. The predicted octanol–water partition coefficient (Wildman–Crippen LogP) is 5.49. The van der Waals surface area contributed by atoms with E-state index >= 15 is 0 Å². The van der Waals surface area contributed by atoms with Crippen LogP contribution in [0.4, 0.5) is 5.69 Å². The molecule has 0 saturated carbocycles. The first kappa shape index (κ1) is 23.2. The van der Waals surface area contributed by atoms with E-state index in [4.69, 9.17) is 21.1 Å². The van der Waals surface area contributed by atoms with Gasteiger partial charge >= 0.3 is 0 Å². The van der Waals surface area contributed by atoms with Crippen molar-refractivity contribution >= 4 is 29.1 Å². The number of rotatable bonds is 8. The molecule has 0 radical (unpaired) electrons. The van der Waals surface area contributed by atoms with Crippen LogP contribution >= 0.6 is 11.6 Å². The summed E-state index contributed by atoms with van der Waals surface area (Å²) in [5.41, 5.74) is 2.41. The molecule has 0 bridgehead atoms. The van der Waals surface area contributed by atoms with Crippen molar-refractivity contribution in [3.8, 4) is 11.5 Å². The molecule has 1 unspecified atom stereocenters. The first-order valence-corrected chi connectivity index (χ1v) is 10.6. The number of carbonyl (C=O) groups excluding carboxylic acids is 2. The lowest BCUT2D eigenvalue weighted by atomic mass is 10.1. The summed E-state index contributed by atoms with van der Waals surface area (Å²) in [6.45, 7) is 4.13. The van der Waals surface area contributed by atoms with Gasteiger partial charge in [0.15, 0.2) is 11.5 Å². The van der Waals surface area contributed by atoms with Gasteiger partial charge in [0.1, 0.15) is 0 Å². The van der Waals surface area contributed by atoms with Crippen molar-refractivity contribution in [1.82, 2.24) is 5.32 Å². The lowest BCUT2D eigenvalue weighted by molar-refractivity contribution is 0.0938. The number of anilines is 1. The highest BCUT2D eigenvalue weighted by Crippen LogP contribution is 2.36. The lowest BCUT2D eigenvalue weighted by Crippen LogP contribution is -2.26. The van der Waals surface area contributed by atoms with Gasteiger partial charge in [0, 0.05) is 16.8 Å². The molecular weight excluding hydrogens is 428 g/mol. The molecule has 3 aromatic rings. The fourth-order valence-corrected chi connectivity index (χ4v) is 3.44. The molecule has 6 nitrogen and oxygen atoms in total. The number of ether oxygens (including phenoxy) is 2. The summed E-state index contributed by atoms with van der Waals surface area (Å²) >= 11 is 6.28. The Morgan fingerprint density at radius 1 is 0.969 bits per heavy atom. The Balaban J connectivity index is 1.72. The number of methoxy groups -OCH3 is 1. The Hall–Kier alpha value is -3.51. The Labute approximate surface area is 192 Å². The fraction of sp³-hybridized carbons (Fsp3) is 0.200. The largest absolute Gasteiger partial charge is 0.493 e. The molecule has 3 aromatic carbocycles. The quantitative estimate of drug-likeness (QED) is 0.473. The first-order chi connectivity index (χ1) is 15.4. The second kappa shape index (κ2) is 10.7. The van der Waals surface area contributed by atoms with Gasteiger partial charge in [-0.3, -0.25) is 9.59 Å². The highest BCUT2D eigenvalue weighted by Gasteiger charge is 2.18. The number of benzene rings is 3. The van der Waals surface area contributed by atoms with E-state index in [2.05, 4.69) is 10.6 Å². The van der Waals surface area contributed by atoms with E-state index in [9.17, 15) is 9.59 Å². The average molecular weight is 453 g/mol. The minimum atomic E-state index is -0.313. The van der Waals surface area contributed by atoms with Gasteiger partial charge in [-0.05, 0) is 55.8 Å². The maximum absolute atomic E-state index is 12.8. The van der Waals surface area contributed by atoms with Crippen molar-refractivity contribution in [3.05, 3.63) is 88.4 Å². The monoisotopic (exact) mass is 452 g/mol. The molecule has 2 N–H and O–H groups in total. The Morgan fingerprint density at radius 2 is 1.72 bits per heavy atom. The maximum Gasteiger partial charge on any atom is 0.255 e. The zero-order valence-electron chi connectivity index (χ0n) is 18.1. The molecule has 0 spiro atoms. The molecule has 32 heavy (non-hydrogen) atoms. The van der Waals surface area contributed by atoms with Gasteiger partial charge in [-0.25, -0.2) is 0 Å². The second-order valence-electron chi connectivity index (χ2n) is 7.06. The third-order valence-electron chi connectivity index (χ3n) is 4.81. The van der Waals surface area contributed by atoms with Gasteiger partial charge in [0.05, 0.1) is 24.8 Å². The Bertz CT molecular complexity index is 1100. The summed E-state index contributed by atoms with van der Waals surface area (Å²) < 4.78 is 10.8. The van der Waals surface area contributed by atoms with Gasteiger partial charge in [0.25, 0.3) is 11.8 Å². The standard InChI is InChI=1S/C25H25ClN2O4/c1-4-32-23-21(26)14-19(15-22(23)31-3)25(30)27-16(2)18-11-8-12-20(13-18)28-24(29)17-9-6-5-7-10-17/h5-16H,4H2,1-3H3,(H,27,30)(H,28,29). The normalized spacial score (nSPS) is 11.4. The van der Waals surface area contributed by atoms with Crippen LogP contribution in [-0.2, 0) is 0 Å². The van der Waals surface area contributed by atoms with Crippen LogP contribution in [0.2, 0.25) is 5.02 Å². The predicted molar refractivity (Wildman–Crippen MR) is 126 cm³/mol. The van der Waals surface area contributed by atoms with E-state index in [1.807, 2.05) is 50.2 Å². The van der Waals surface area contributed by atoms with Gasteiger partial charge in [-0.1, -0.05) is 41.9 Å². The SMILES string of the molecule is CCOc1c(Cl)cc(C(=O)NC(C)c2cccc(NC(=O)c3ccccc3)c2)cc1OC. The van der Waals surface area contributed by atoms with Crippen LogP contribution in [0.25, 0.3) is 0 Å². The van der Waals surface area contributed by atoms with Crippen molar-refractivity contribution in [2.45, 2.75) is 19.9 Å². The smallest absolute Gasteiger partial charge is 0.255 e. The maximum atomic E-state index is 12.8. The van der Waals surface area contributed by atoms with E-state index < -0.39 is 0 Å². The number of amides is 2. The average Bonchev–Trinajstić information content (AvgIpc) is 2.80.